The normalized spacial score (nSPS) is 15.2. The van der Waals surface area contributed by atoms with Crippen molar-refractivity contribution in [2.75, 3.05) is 55.6 Å². The van der Waals surface area contributed by atoms with Gasteiger partial charge in [0, 0.05) is 17.0 Å². The Labute approximate surface area is 368 Å². The largest absolute Gasteiger partial charge is 0.444 e. The number of nitrogens with one attached hydrogen (secondary N) is 2. The molecule has 1 aromatic carbocycles. The van der Waals surface area contributed by atoms with Gasteiger partial charge in [0.2, 0.25) is 5.91 Å². The molecule has 3 aromatic rings. The average molecular weight is 955 g/mol. The summed E-state index contributed by atoms with van der Waals surface area (Å²) < 4.78 is 74.8. The van der Waals surface area contributed by atoms with Crippen LogP contribution in [0.2, 0.25) is 0 Å². The van der Waals surface area contributed by atoms with E-state index >= 15 is 0 Å². The second-order valence-corrected chi connectivity index (χ2v) is 22.8. The highest BCUT2D eigenvalue weighted by molar-refractivity contribution is 7.90. The fourth-order valence-corrected chi connectivity index (χ4v) is 11.7. The Morgan fingerprint density at radius 2 is 1.23 bits per heavy atom. The number of amides is 2. The summed E-state index contributed by atoms with van der Waals surface area (Å²) in [6.07, 6.45) is 2.88. The lowest BCUT2D eigenvalue weighted by molar-refractivity contribution is -0.118. The second kappa shape index (κ2) is 25.0. The Bertz CT molecular complexity index is 2000. The summed E-state index contributed by atoms with van der Waals surface area (Å²) in [5, 5.41) is 29.9. The van der Waals surface area contributed by atoms with Crippen LogP contribution in [0.4, 0.5) is 15.1 Å². The van der Waals surface area contributed by atoms with Crippen LogP contribution in [0, 0.1) is 5.92 Å². The lowest BCUT2D eigenvalue weighted by Crippen LogP contribution is -2.27. The first-order valence-electron chi connectivity index (χ1n) is 19.8. The van der Waals surface area contributed by atoms with E-state index in [-0.39, 0.29) is 73.5 Å². The first-order valence-corrected chi connectivity index (χ1v) is 26.9. The van der Waals surface area contributed by atoms with Crippen molar-refractivity contribution < 1.29 is 60.2 Å². The third kappa shape index (κ3) is 18.6. The Kier molecular flexibility index (Phi) is 22.4. The molecule has 0 saturated heterocycles. The number of rotatable bonds is 21. The first kappa shape index (κ1) is 54.5. The number of anilines is 2. The molecular weight excluding hydrogens is 891 g/mol. The Hall–Kier alpha value is -2.61. The van der Waals surface area contributed by atoms with E-state index in [1.165, 1.54) is 23.5 Å². The Morgan fingerprint density at radius 1 is 0.803 bits per heavy atom. The molecule has 1 aliphatic rings. The zero-order chi connectivity index (χ0) is 44.7. The van der Waals surface area contributed by atoms with Crippen LogP contribution in [0.15, 0.2) is 39.9 Å². The van der Waals surface area contributed by atoms with Gasteiger partial charge in [-0.2, -0.15) is 0 Å². The molecule has 0 radical (unpaired) electrons. The Balaban J connectivity index is 0.000000448. The molecular formula is C39H64N4O13P2S3. The summed E-state index contributed by atoms with van der Waals surface area (Å²) in [7, 11) is -10.2. The van der Waals surface area contributed by atoms with Crippen molar-refractivity contribution >= 4 is 70.0 Å². The summed E-state index contributed by atoms with van der Waals surface area (Å²) >= 11 is 2.30. The molecule has 17 nitrogen and oxygen atoms in total. The minimum absolute atomic E-state index is 0. The summed E-state index contributed by atoms with van der Waals surface area (Å²) in [5.41, 5.74) is 0.689. The fraction of sp³-hybridized carbons (Fsp3) is 0.641. The average Bonchev–Trinajstić information content (AvgIpc) is 3.93. The van der Waals surface area contributed by atoms with E-state index in [4.69, 9.17) is 22.8 Å². The van der Waals surface area contributed by atoms with Gasteiger partial charge in [-0.05, 0) is 78.5 Å². The summed E-state index contributed by atoms with van der Waals surface area (Å²) in [4.78, 5) is 33.7. The topological polar surface area (TPSA) is 239 Å². The van der Waals surface area contributed by atoms with Gasteiger partial charge in [-0.3, -0.25) is 19.2 Å². The van der Waals surface area contributed by atoms with Crippen molar-refractivity contribution in [2.24, 2.45) is 5.92 Å². The molecule has 346 valence electrons. The number of aliphatic hydroxyl groups excluding tert-OH is 2. The molecule has 4 N–H and O–H groups in total. The molecule has 2 aromatic heterocycles. The van der Waals surface area contributed by atoms with Crippen LogP contribution in [0.1, 0.15) is 123 Å². The van der Waals surface area contributed by atoms with Crippen LogP contribution in [-0.4, -0.2) is 91.2 Å². The fourth-order valence-electron chi connectivity index (χ4n) is 6.18. The summed E-state index contributed by atoms with van der Waals surface area (Å²) in [6, 6.07) is 6.47. The summed E-state index contributed by atoms with van der Waals surface area (Å²) in [5.74, 6) is -0.274. The highest BCUT2D eigenvalue weighted by atomic mass is 32.2. The van der Waals surface area contributed by atoms with E-state index in [1.807, 2.05) is 0 Å². The molecule has 4 rings (SSSR count). The quantitative estimate of drug-likeness (QED) is 0.0727. The smallest absolute Gasteiger partial charge is 0.413 e. The molecule has 0 aliphatic heterocycles. The maximum atomic E-state index is 13.4. The van der Waals surface area contributed by atoms with Crippen LogP contribution in [-0.2, 0) is 46.6 Å². The molecule has 61 heavy (non-hydrogen) atoms. The van der Waals surface area contributed by atoms with Gasteiger partial charge >= 0.3 is 21.3 Å². The van der Waals surface area contributed by atoms with E-state index in [0.29, 0.717) is 17.5 Å². The minimum Gasteiger partial charge on any atom is -0.444 e. The molecule has 2 unspecified atom stereocenters. The van der Waals surface area contributed by atoms with Crippen molar-refractivity contribution in [2.45, 2.75) is 117 Å². The predicted octanol–water partition coefficient (Wildman–Crippen LogP) is 9.57. The lowest BCUT2D eigenvalue weighted by atomic mass is 9.87. The zero-order valence-corrected chi connectivity index (χ0v) is 39.7. The zero-order valence-electron chi connectivity index (χ0n) is 35.5. The SMILES string of the molecule is C.CCOP(=O)(CC(O)c1csc(NC(=O)OC(C)(C)C)n1)OCC.CCOP(=O)(CC(O)c1csc(NC(=O)[C@H](CC2CCCC2)c2ccc(S(C)(=O)=O)cc2)n1)OCC. The van der Waals surface area contributed by atoms with E-state index < -0.39 is 54.8 Å². The maximum Gasteiger partial charge on any atom is 0.413 e. The van der Waals surface area contributed by atoms with Gasteiger partial charge in [-0.1, -0.05) is 45.2 Å². The lowest BCUT2D eigenvalue weighted by Gasteiger charge is -2.20. The number of carbonyl (C=O) groups excluding carboxylic acids is 2. The number of aliphatic hydroxyl groups is 2. The van der Waals surface area contributed by atoms with Gasteiger partial charge < -0.3 is 38.4 Å². The number of carbonyl (C=O) groups is 2. The number of nitrogens with zero attached hydrogens (tertiary/aromatic N) is 2. The summed E-state index contributed by atoms with van der Waals surface area (Å²) in [6.45, 7) is 12.9. The molecule has 0 bridgehead atoms. The van der Waals surface area contributed by atoms with E-state index in [0.717, 1.165) is 48.8 Å². The molecule has 1 saturated carbocycles. The standard InChI is InChI=1S/C24H35N2O7PS2.C14H25N2O6PS.CH4/c1-4-32-34(29,33-5-2)15-22(27)21-16-35-24(25-21)26-23(28)20(14-17-8-6-7-9-17)18-10-12-19(13-11-18)36(3,30)31;1-6-20-23(19,21-7-2)8-11(17)10-9-24-12(15-10)16-13(18)22-14(3,4)5;/h10-13,16-17,20,22,27H,4-9,14-15H2,1-3H3,(H,25,26,28);9,11,17H,6-8H2,1-5H3,(H,15,16,18);1H4/t20-,22?;;/m1../s1. The van der Waals surface area contributed by atoms with Crippen LogP contribution in [0.25, 0.3) is 0 Å². The van der Waals surface area contributed by atoms with Gasteiger partial charge in [0.1, 0.15) is 17.8 Å². The molecule has 1 fully saturated rings. The van der Waals surface area contributed by atoms with E-state index in [9.17, 15) is 37.4 Å². The third-order valence-corrected chi connectivity index (χ3v) is 15.6. The second-order valence-electron chi connectivity index (χ2n) is 14.8. The molecule has 1 aliphatic carbocycles. The number of sulfone groups is 1. The van der Waals surface area contributed by atoms with Gasteiger partial charge in [-0.15, -0.1) is 22.7 Å². The minimum atomic E-state index is -3.46. The van der Waals surface area contributed by atoms with Crippen molar-refractivity contribution in [1.29, 1.82) is 0 Å². The van der Waals surface area contributed by atoms with Crippen LogP contribution in [0.3, 0.4) is 0 Å². The van der Waals surface area contributed by atoms with Crippen molar-refractivity contribution in [3.05, 3.63) is 52.0 Å². The number of aromatic nitrogens is 2. The number of thiazole rings is 2. The number of ether oxygens (including phenoxy) is 1. The van der Waals surface area contributed by atoms with E-state index in [2.05, 4.69) is 20.6 Å². The van der Waals surface area contributed by atoms with Gasteiger partial charge in [0.05, 0.1) is 61.0 Å². The van der Waals surface area contributed by atoms with Crippen molar-refractivity contribution in [3.63, 3.8) is 0 Å². The predicted molar refractivity (Wildman–Crippen MR) is 240 cm³/mol. The van der Waals surface area contributed by atoms with Crippen LogP contribution < -0.4 is 10.6 Å². The van der Waals surface area contributed by atoms with Gasteiger partial charge in [-0.25, -0.2) is 23.2 Å². The number of benzene rings is 1. The monoisotopic (exact) mass is 954 g/mol. The Morgan fingerprint density at radius 3 is 1.62 bits per heavy atom. The molecule has 3 atom stereocenters. The van der Waals surface area contributed by atoms with Crippen molar-refractivity contribution in [1.82, 2.24) is 9.97 Å². The third-order valence-electron chi connectivity index (χ3n) is 8.73. The van der Waals surface area contributed by atoms with Crippen molar-refractivity contribution in [3.8, 4) is 0 Å². The maximum absolute atomic E-state index is 13.4. The highest BCUT2D eigenvalue weighted by Crippen LogP contribution is 2.51. The van der Waals surface area contributed by atoms with Crippen LogP contribution in [0.5, 0.6) is 0 Å². The van der Waals surface area contributed by atoms with Crippen LogP contribution >= 0.6 is 37.9 Å². The molecule has 22 heteroatoms. The number of hydrogen-bond donors (Lipinski definition) is 4. The first-order chi connectivity index (χ1) is 28.1. The molecule has 0 spiro atoms. The van der Waals surface area contributed by atoms with Gasteiger partial charge in [0.25, 0.3) is 0 Å². The van der Waals surface area contributed by atoms with Gasteiger partial charge in [0.15, 0.2) is 20.1 Å². The molecule has 2 amide bonds. The highest BCUT2D eigenvalue weighted by Gasteiger charge is 2.32. The van der Waals surface area contributed by atoms with E-state index in [1.54, 1.807) is 71.4 Å². The number of hydrogen-bond acceptors (Lipinski definition) is 17. The molecule has 2 heterocycles.